The van der Waals surface area contributed by atoms with Crippen LogP contribution in [0.2, 0.25) is 0 Å². The van der Waals surface area contributed by atoms with Crippen LogP contribution in [-0.2, 0) is 4.79 Å². The Morgan fingerprint density at radius 2 is 2.43 bits per heavy atom. The fourth-order valence-electron chi connectivity index (χ4n) is 1.22. The molecule has 0 bridgehead atoms. The number of nitrogens with zero attached hydrogens (tertiary/aromatic N) is 1. The average Bonchev–Trinajstić information content (AvgIpc) is 2.33. The molecule has 1 aliphatic rings. The molecule has 6 nitrogen and oxygen atoms in total. The van der Waals surface area contributed by atoms with Crippen LogP contribution in [0.15, 0.2) is 16.4 Å². The van der Waals surface area contributed by atoms with E-state index >= 15 is 0 Å². The third-order valence-electron chi connectivity index (χ3n) is 1.93. The van der Waals surface area contributed by atoms with Gasteiger partial charge in [-0.25, -0.2) is 10.2 Å². The van der Waals surface area contributed by atoms with Crippen molar-refractivity contribution in [3.05, 3.63) is 11.3 Å². The molecule has 0 saturated carbocycles. The molecule has 76 valence electrons. The summed E-state index contributed by atoms with van der Waals surface area (Å²) in [6.45, 7) is 1.67. The highest BCUT2D eigenvalue weighted by atomic mass is 16.3. The second-order valence-electron chi connectivity index (χ2n) is 3.06. The second kappa shape index (κ2) is 3.91. The van der Waals surface area contributed by atoms with E-state index in [1.54, 1.807) is 6.92 Å². The number of hydrogen-bond acceptors (Lipinski definition) is 4. The van der Waals surface area contributed by atoms with E-state index in [9.17, 15) is 14.7 Å². The lowest BCUT2D eigenvalue weighted by molar-refractivity contribution is -0.118. The monoisotopic (exact) mass is 197 g/mol. The molecule has 4 N–H and O–H groups in total. The molecule has 0 aromatic rings. The van der Waals surface area contributed by atoms with Gasteiger partial charge < -0.3 is 10.8 Å². The van der Waals surface area contributed by atoms with Crippen molar-refractivity contribution in [1.82, 2.24) is 5.43 Å². The van der Waals surface area contributed by atoms with Gasteiger partial charge in [0.25, 0.3) is 0 Å². The number of rotatable bonds is 2. The van der Waals surface area contributed by atoms with Crippen molar-refractivity contribution in [3.8, 4) is 0 Å². The van der Waals surface area contributed by atoms with Crippen LogP contribution >= 0.6 is 0 Å². The lowest BCUT2D eigenvalue weighted by atomic mass is 10.1. The molecule has 1 atom stereocenters. The molecular weight excluding hydrogens is 186 g/mol. The zero-order chi connectivity index (χ0) is 10.7. The van der Waals surface area contributed by atoms with E-state index in [4.69, 9.17) is 5.73 Å². The van der Waals surface area contributed by atoms with E-state index in [2.05, 4.69) is 5.10 Å². The number of carbonyl (C=O) groups is 2. The SMILES string of the molecule is CC1=C(O)C(=O)C(C=NNC(N)=O)C1. The number of amides is 2. The first-order valence-corrected chi connectivity index (χ1v) is 4.04. The third kappa shape index (κ3) is 2.09. The molecule has 0 aromatic carbocycles. The van der Waals surface area contributed by atoms with Crippen molar-refractivity contribution < 1.29 is 14.7 Å². The smallest absolute Gasteiger partial charge is 0.332 e. The fraction of sp³-hybridized carbons (Fsp3) is 0.375. The molecule has 1 unspecified atom stereocenters. The minimum atomic E-state index is -0.791. The Kier molecular flexibility index (Phi) is 2.85. The Labute approximate surface area is 80.5 Å². The molecule has 2 amide bonds. The van der Waals surface area contributed by atoms with Crippen molar-refractivity contribution in [1.29, 1.82) is 0 Å². The summed E-state index contributed by atoms with van der Waals surface area (Å²) in [5.74, 6) is -1.08. The summed E-state index contributed by atoms with van der Waals surface area (Å²) in [5, 5.41) is 12.7. The van der Waals surface area contributed by atoms with E-state index in [0.717, 1.165) is 0 Å². The summed E-state index contributed by atoms with van der Waals surface area (Å²) >= 11 is 0. The van der Waals surface area contributed by atoms with Crippen LogP contribution in [0, 0.1) is 5.92 Å². The molecule has 0 spiro atoms. The van der Waals surface area contributed by atoms with Gasteiger partial charge >= 0.3 is 6.03 Å². The maximum Gasteiger partial charge on any atom is 0.332 e. The van der Waals surface area contributed by atoms with E-state index in [0.29, 0.717) is 12.0 Å². The number of carbonyl (C=O) groups excluding carboxylic acids is 2. The van der Waals surface area contributed by atoms with Gasteiger partial charge in [-0.05, 0) is 18.9 Å². The summed E-state index contributed by atoms with van der Waals surface area (Å²) in [6.07, 6.45) is 1.69. The molecule has 0 aliphatic heterocycles. The van der Waals surface area contributed by atoms with Gasteiger partial charge in [-0.15, -0.1) is 0 Å². The number of aliphatic hydroxyl groups is 1. The quantitative estimate of drug-likeness (QED) is 0.430. The molecule has 0 fully saturated rings. The first-order chi connectivity index (χ1) is 6.52. The van der Waals surface area contributed by atoms with Gasteiger partial charge in [-0.3, -0.25) is 4.79 Å². The maximum absolute atomic E-state index is 11.2. The normalized spacial score (nSPS) is 22.1. The van der Waals surface area contributed by atoms with Crippen molar-refractivity contribution in [2.45, 2.75) is 13.3 Å². The predicted octanol–water partition coefficient (Wildman–Crippen LogP) is 0.0615. The number of hydrogen-bond donors (Lipinski definition) is 3. The van der Waals surface area contributed by atoms with Crippen LogP contribution in [0.4, 0.5) is 4.79 Å². The van der Waals surface area contributed by atoms with Gasteiger partial charge in [0, 0.05) is 6.21 Å². The van der Waals surface area contributed by atoms with E-state index in [-0.39, 0.29) is 11.5 Å². The van der Waals surface area contributed by atoms with Crippen LogP contribution in [-0.4, -0.2) is 23.1 Å². The Bertz CT molecular complexity index is 333. The Morgan fingerprint density at radius 1 is 1.79 bits per heavy atom. The van der Waals surface area contributed by atoms with Crippen LogP contribution in [0.1, 0.15) is 13.3 Å². The Morgan fingerprint density at radius 3 is 2.86 bits per heavy atom. The lowest BCUT2D eigenvalue weighted by Gasteiger charge is -1.99. The molecule has 0 heterocycles. The standard InChI is InChI=1S/C8H11N3O3/c1-4-2-5(7(13)6(4)12)3-10-11-8(9)14/h3,5,12H,2H2,1H3,(H3,9,11,14). The molecule has 6 heteroatoms. The van der Waals surface area contributed by atoms with Gasteiger partial charge in [0.1, 0.15) is 0 Å². The molecular formula is C8H11N3O3. The van der Waals surface area contributed by atoms with Crippen LogP contribution in [0.3, 0.4) is 0 Å². The summed E-state index contributed by atoms with van der Waals surface area (Å²) in [7, 11) is 0. The maximum atomic E-state index is 11.2. The number of ketones is 1. The van der Waals surface area contributed by atoms with Crippen LogP contribution in [0.5, 0.6) is 0 Å². The molecule has 1 aliphatic carbocycles. The predicted molar refractivity (Wildman–Crippen MR) is 49.7 cm³/mol. The first-order valence-electron chi connectivity index (χ1n) is 4.04. The topological polar surface area (TPSA) is 105 Å². The number of nitrogens with two attached hydrogens (primary N) is 1. The van der Waals surface area contributed by atoms with E-state index < -0.39 is 11.9 Å². The number of urea groups is 1. The number of allylic oxidation sites excluding steroid dienone is 2. The van der Waals surface area contributed by atoms with Gasteiger partial charge in [-0.2, -0.15) is 5.10 Å². The zero-order valence-electron chi connectivity index (χ0n) is 7.65. The molecule has 0 aromatic heterocycles. The lowest BCUT2D eigenvalue weighted by Crippen LogP contribution is -2.25. The summed E-state index contributed by atoms with van der Waals surface area (Å²) in [6, 6.07) is -0.791. The zero-order valence-corrected chi connectivity index (χ0v) is 7.65. The third-order valence-corrected chi connectivity index (χ3v) is 1.93. The summed E-state index contributed by atoms with van der Waals surface area (Å²) < 4.78 is 0. The number of aliphatic hydroxyl groups excluding tert-OH is 1. The number of nitrogens with one attached hydrogen (secondary N) is 1. The van der Waals surface area contributed by atoms with E-state index in [1.807, 2.05) is 5.43 Å². The average molecular weight is 197 g/mol. The van der Waals surface area contributed by atoms with Gasteiger partial charge in [0.05, 0.1) is 5.92 Å². The minimum Gasteiger partial charge on any atom is -0.504 e. The Hall–Kier alpha value is -1.85. The number of primary amides is 1. The van der Waals surface area contributed by atoms with Gasteiger partial charge in [0.2, 0.25) is 5.78 Å². The molecule has 14 heavy (non-hydrogen) atoms. The highest BCUT2D eigenvalue weighted by molar-refractivity contribution is 6.07. The Balaban J connectivity index is 2.55. The summed E-state index contributed by atoms with van der Waals surface area (Å²) in [5.41, 5.74) is 7.37. The van der Waals surface area contributed by atoms with Crippen molar-refractivity contribution in [2.24, 2.45) is 16.8 Å². The van der Waals surface area contributed by atoms with Crippen molar-refractivity contribution in [3.63, 3.8) is 0 Å². The summed E-state index contributed by atoms with van der Waals surface area (Å²) in [4.78, 5) is 21.5. The minimum absolute atomic E-state index is 0.208. The molecule has 0 saturated heterocycles. The number of Topliss-reactive ketones (excluding diaryl/α,β-unsaturated/α-hetero) is 1. The van der Waals surface area contributed by atoms with Crippen molar-refractivity contribution >= 4 is 18.0 Å². The van der Waals surface area contributed by atoms with Gasteiger partial charge in [-0.1, -0.05) is 0 Å². The van der Waals surface area contributed by atoms with Gasteiger partial charge in [0.15, 0.2) is 5.76 Å². The molecule has 0 radical (unpaired) electrons. The van der Waals surface area contributed by atoms with Crippen LogP contribution < -0.4 is 11.2 Å². The largest absolute Gasteiger partial charge is 0.504 e. The highest BCUT2D eigenvalue weighted by Gasteiger charge is 2.29. The number of hydrazone groups is 1. The first kappa shape index (κ1) is 10.2. The second-order valence-corrected chi connectivity index (χ2v) is 3.06. The van der Waals surface area contributed by atoms with Crippen molar-refractivity contribution in [2.75, 3.05) is 0 Å². The highest BCUT2D eigenvalue weighted by Crippen LogP contribution is 2.24. The molecule has 1 rings (SSSR count). The van der Waals surface area contributed by atoms with Crippen LogP contribution in [0.25, 0.3) is 0 Å². The van der Waals surface area contributed by atoms with E-state index in [1.165, 1.54) is 6.21 Å². The fourth-order valence-corrected chi connectivity index (χ4v) is 1.22.